The molecule has 150 valence electrons. The van der Waals surface area contributed by atoms with Crippen LogP contribution in [0.3, 0.4) is 0 Å². The lowest BCUT2D eigenvalue weighted by atomic mass is 10.2. The summed E-state index contributed by atoms with van der Waals surface area (Å²) in [6.07, 6.45) is -1.03. The van der Waals surface area contributed by atoms with E-state index in [9.17, 15) is 9.59 Å². The SMILES string of the molecule is CCOc1ccccc1NC(=O)C(C)OC(=O)c1cc(OC)c(Br)c(OC)c1. The van der Waals surface area contributed by atoms with E-state index >= 15 is 0 Å². The quantitative estimate of drug-likeness (QED) is 0.609. The van der Waals surface area contributed by atoms with Crippen LogP contribution in [0.5, 0.6) is 17.2 Å². The number of carbonyl (C=O) groups is 2. The number of benzene rings is 2. The molecule has 8 heteroatoms. The molecule has 0 fully saturated rings. The summed E-state index contributed by atoms with van der Waals surface area (Å²) in [6.45, 7) is 3.80. The average Bonchev–Trinajstić information content (AvgIpc) is 2.69. The third-order valence-electron chi connectivity index (χ3n) is 3.78. The summed E-state index contributed by atoms with van der Waals surface area (Å²) in [6, 6.07) is 10.0. The van der Waals surface area contributed by atoms with Crippen molar-refractivity contribution in [3.63, 3.8) is 0 Å². The minimum Gasteiger partial charge on any atom is -0.495 e. The summed E-state index contributed by atoms with van der Waals surface area (Å²) >= 11 is 3.34. The number of halogens is 1. The van der Waals surface area contributed by atoms with E-state index in [1.807, 2.05) is 6.92 Å². The normalized spacial score (nSPS) is 11.3. The lowest BCUT2D eigenvalue weighted by molar-refractivity contribution is -0.123. The van der Waals surface area contributed by atoms with Crippen LogP contribution in [0, 0.1) is 0 Å². The molecule has 1 N–H and O–H groups in total. The van der Waals surface area contributed by atoms with E-state index in [2.05, 4.69) is 21.2 Å². The van der Waals surface area contributed by atoms with Gasteiger partial charge in [0, 0.05) is 0 Å². The molecule has 1 unspecified atom stereocenters. The maximum Gasteiger partial charge on any atom is 0.339 e. The Bertz CT molecular complexity index is 829. The number of para-hydroxylation sites is 2. The topological polar surface area (TPSA) is 83.1 Å². The number of methoxy groups -OCH3 is 2. The maximum absolute atomic E-state index is 12.5. The molecule has 0 saturated carbocycles. The highest BCUT2D eigenvalue weighted by molar-refractivity contribution is 9.10. The van der Waals surface area contributed by atoms with Crippen molar-refractivity contribution in [2.24, 2.45) is 0 Å². The zero-order chi connectivity index (χ0) is 20.7. The summed E-state index contributed by atoms with van der Waals surface area (Å²) in [7, 11) is 2.95. The highest BCUT2D eigenvalue weighted by Gasteiger charge is 2.22. The van der Waals surface area contributed by atoms with Crippen LogP contribution < -0.4 is 19.5 Å². The molecule has 7 nitrogen and oxygen atoms in total. The molecule has 0 bridgehead atoms. The lowest BCUT2D eigenvalue weighted by Gasteiger charge is -2.16. The van der Waals surface area contributed by atoms with E-state index in [-0.39, 0.29) is 5.56 Å². The smallest absolute Gasteiger partial charge is 0.339 e. The average molecular weight is 452 g/mol. The van der Waals surface area contributed by atoms with Gasteiger partial charge in [0.05, 0.1) is 32.1 Å². The zero-order valence-corrected chi connectivity index (χ0v) is 17.7. The second-order valence-electron chi connectivity index (χ2n) is 5.66. The first-order valence-electron chi connectivity index (χ1n) is 8.56. The third-order valence-corrected chi connectivity index (χ3v) is 4.56. The first-order chi connectivity index (χ1) is 13.4. The van der Waals surface area contributed by atoms with Crippen LogP contribution in [-0.2, 0) is 9.53 Å². The van der Waals surface area contributed by atoms with Gasteiger partial charge in [-0.1, -0.05) is 12.1 Å². The number of rotatable bonds is 8. The molecular weight excluding hydrogens is 430 g/mol. The Morgan fingerprint density at radius 3 is 2.25 bits per heavy atom. The second-order valence-corrected chi connectivity index (χ2v) is 6.45. The second kappa shape index (κ2) is 9.98. The van der Waals surface area contributed by atoms with Gasteiger partial charge in [0.2, 0.25) is 0 Å². The number of anilines is 1. The number of hydrogen-bond donors (Lipinski definition) is 1. The molecular formula is C20H22BrNO6. The van der Waals surface area contributed by atoms with Crippen LogP contribution >= 0.6 is 15.9 Å². The van der Waals surface area contributed by atoms with Crippen LogP contribution in [0.2, 0.25) is 0 Å². The number of hydrogen-bond acceptors (Lipinski definition) is 6. The number of amides is 1. The molecule has 0 saturated heterocycles. The largest absolute Gasteiger partial charge is 0.495 e. The Morgan fingerprint density at radius 1 is 1.07 bits per heavy atom. The number of nitrogens with one attached hydrogen (secondary N) is 1. The fraction of sp³-hybridized carbons (Fsp3) is 0.300. The fourth-order valence-corrected chi connectivity index (χ4v) is 2.91. The van der Waals surface area contributed by atoms with E-state index < -0.39 is 18.0 Å². The van der Waals surface area contributed by atoms with Gasteiger partial charge < -0.3 is 24.3 Å². The van der Waals surface area contributed by atoms with Gasteiger partial charge in [0.15, 0.2) is 6.10 Å². The minimum absolute atomic E-state index is 0.200. The highest BCUT2D eigenvalue weighted by atomic mass is 79.9. The van der Waals surface area contributed by atoms with Crippen molar-refractivity contribution in [2.45, 2.75) is 20.0 Å². The summed E-state index contributed by atoms with van der Waals surface area (Å²) in [5.74, 6) is 0.212. The van der Waals surface area contributed by atoms with Crippen LogP contribution in [0.25, 0.3) is 0 Å². The van der Waals surface area contributed by atoms with E-state index in [1.54, 1.807) is 24.3 Å². The van der Waals surface area contributed by atoms with Gasteiger partial charge in [-0.25, -0.2) is 4.79 Å². The van der Waals surface area contributed by atoms with Crippen molar-refractivity contribution >= 4 is 33.5 Å². The van der Waals surface area contributed by atoms with Crippen LogP contribution in [0.1, 0.15) is 24.2 Å². The van der Waals surface area contributed by atoms with Gasteiger partial charge in [-0.3, -0.25) is 4.79 Å². The molecule has 0 aliphatic carbocycles. The summed E-state index contributed by atoms with van der Waals surface area (Å²) in [5, 5.41) is 2.71. The number of esters is 1. The van der Waals surface area contributed by atoms with Crippen molar-refractivity contribution < 1.29 is 28.5 Å². The van der Waals surface area contributed by atoms with Gasteiger partial charge in [-0.15, -0.1) is 0 Å². The van der Waals surface area contributed by atoms with Gasteiger partial charge in [0.25, 0.3) is 5.91 Å². The van der Waals surface area contributed by atoms with Crippen molar-refractivity contribution in [3.8, 4) is 17.2 Å². The van der Waals surface area contributed by atoms with Gasteiger partial charge in [0.1, 0.15) is 21.7 Å². The molecule has 0 heterocycles. The molecule has 0 aromatic heterocycles. The molecule has 0 aliphatic rings. The first kappa shape index (κ1) is 21.6. The van der Waals surface area contributed by atoms with E-state index in [1.165, 1.54) is 33.3 Å². The molecule has 1 amide bonds. The third kappa shape index (κ3) is 5.16. The Hall–Kier alpha value is -2.74. The van der Waals surface area contributed by atoms with E-state index in [0.717, 1.165) is 0 Å². The van der Waals surface area contributed by atoms with Gasteiger partial charge in [-0.2, -0.15) is 0 Å². The van der Waals surface area contributed by atoms with Gasteiger partial charge >= 0.3 is 5.97 Å². The summed E-state index contributed by atoms with van der Waals surface area (Å²) in [5.41, 5.74) is 0.704. The van der Waals surface area contributed by atoms with Crippen LogP contribution in [0.4, 0.5) is 5.69 Å². The molecule has 2 aromatic rings. The standard InChI is InChI=1S/C20H22BrNO6/c1-5-27-15-9-7-6-8-14(15)22-19(23)12(2)28-20(24)13-10-16(25-3)18(21)17(11-13)26-4/h6-12H,5H2,1-4H3,(H,22,23). The highest BCUT2D eigenvalue weighted by Crippen LogP contribution is 2.35. The molecule has 28 heavy (non-hydrogen) atoms. The molecule has 1 atom stereocenters. The minimum atomic E-state index is -1.03. The van der Waals surface area contributed by atoms with Gasteiger partial charge in [-0.05, 0) is 54.0 Å². The molecule has 2 aromatic carbocycles. The fourth-order valence-electron chi connectivity index (χ4n) is 2.35. The van der Waals surface area contributed by atoms with E-state index in [4.69, 9.17) is 18.9 Å². The predicted octanol–water partition coefficient (Wildman–Crippen LogP) is 4.05. The zero-order valence-electron chi connectivity index (χ0n) is 16.1. The Kier molecular flexibility index (Phi) is 7.69. The maximum atomic E-state index is 12.5. The monoisotopic (exact) mass is 451 g/mol. The van der Waals surface area contributed by atoms with Crippen molar-refractivity contribution in [2.75, 3.05) is 26.1 Å². The van der Waals surface area contributed by atoms with Crippen molar-refractivity contribution in [3.05, 3.63) is 46.4 Å². The summed E-state index contributed by atoms with van der Waals surface area (Å²) < 4.78 is 21.8. The molecule has 0 aliphatic heterocycles. The van der Waals surface area contributed by atoms with E-state index in [0.29, 0.717) is 34.0 Å². The Labute approximate surface area is 172 Å². The molecule has 2 rings (SSSR count). The van der Waals surface area contributed by atoms with Crippen molar-refractivity contribution in [1.29, 1.82) is 0 Å². The first-order valence-corrected chi connectivity index (χ1v) is 9.35. The lowest BCUT2D eigenvalue weighted by Crippen LogP contribution is -2.30. The number of ether oxygens (including phenoxy) is 4. The molecule has 0 spiro atoms. The summed E-state index contributed by atoms with van der Waals surface area (Å²) in [4.78, 5) is 24.9. The Morgan fingerprint density at radius 2 is 1.68 bits per heavy atom. The molecule has 0 radical (unpaired) electrons. The van der Waals surface area contributed by atoms with Crippen molar-refractivity contribution in [1.82, 2.24) is 0 Å². The predicted molar refractivity (Wildman–Crippen MR) is 108 cm³/mol. The van der Waals surface area contributed by atoms with Crippen LogP contribution in [-0.4, -0.2) is 38.8 Å². The van der Waals surface area contributed by atoms with Crippen LogP contribution in [0.15, 0.2) is 40.9 Å². The Balaban J connectivity index is 2.11. The number of carbonyl (C=O) groups excluding carboxylic acids is 2.